The summed E-state index contributed by atoms with van der Waals surface area (Å²) in [7, 11) is 2.28. The Morgan fingerprint density at radius 1 is 1.08 bits per heavy atom. The van der Waals surface area contributed by atoms with Crippen molar-refractivity contribution in [1.82, 2.24) is 9.97 Å². The number of thiophene rings is 1. The highest BCUT2D eigenvalue weighted by atomic mass is 32.1. The molecule has 1 aromatic carbocycles. The van der Waals surface area contributed by atoms with Gasteiger partial charge < -0.3 is 9.80 Å². The van der Waals surface area contributed by atoms with Crippen molar-refractivity contribution >= 4 is 27.4 Å². The van der Waals surface area contributed by atoms with Crippen LogP contribution in [0.5, 0.6) is 0 Å². The second kappa shape index (κ2) is 6.49. The summed E-state index contributed by atoms with van der Waals surface area (Å²) in [5, 5.41) is 3.45. The number of aryl methyl sites for hydroxylation is 1. The van der Waals surface area contributed by atoms with Crippen LogP contribution in [0.3, 0.4) is 0 Å². The lowest BCUT2D eigenvalue weighted by molar-refractivity contribution is -0.876. The van der Waals surface area contributed by atoms with Crippen LogP contribution in [0.1, 0.15) is 12.2 Å². The first-order valence-electron chi connectivity index (χ1n) is 8.60. The number of aromatic nitrogens is 2. The summed E-state index contributed by atoms with van der Waals surface area (Å²) < 4.78 is 0. The van der Waals surface area contributed by atoms with Gasteiger partial charge in [-0.3, -0.25) is 0 Å². The van der Waals surface area contributed by atoms with Crippen LogP contribution in [0.25, 0.3) is 21.3 Å². The van der Waals surface area contributed by atoms with Crippen molar-refractivity contribution < 1.29 is 4.90 Å². The molecule has 3 heterocycles. The summed E-state index contributed by atoms with van der Waals surface area (Å²) in [6.45, 7) is 6.53. The van der Waals surface area contributed by atoms with E-state index in [9.17, 15) is 0 Å². The highest BCUT2D eigenvalue weighted by Gasteiger charge is 2.21. The highest BCUT2D eigenvalue weighted by Crippen LogP contribution is 2.38. The third kappa shape index (κ3) is 2.89. The molecule has 0 spiro atoms. The van der Waals surface area contributed by atoms with Gasteiger partial charge in [0.25, 0.3) is 0 Å². The molecule has 5 heteroatoms. The van der Waals surface area contributed by atoms with Gasteiger partial charge in [-0.25, -0.2) is 9.97 Å². The quantitative estimate of drug-likeness (QED) is 0.778. The fraction of sp³-hybridized carbons (Fsp3) is 0.368. The van der Waals surface area contributed by atoms with Gasteiger partial charge in [0.15, 0.2) is 0 Å². The number of anilines is 1. The standard InChI is InChI=1S/C19H22N4S/c1-14-20-18(23-10-6-9-22(2)11-12-23)17-16(13-24-19(17)21-14)15-7-4-3-5-8-15/h3-5,7-8,13H,6,9-12H2,1-2H3/p+1. The first-order valence-corrected chi connectivity index (χ1v) is 9.48. The number of nitrogens with one attached hydrogen (secondary N) is 1. The summed E-state index contributed by atoms with van der Waals surface area (Å²) in [4.78, 5) is 14.7. The third-order valence-electron chi connectivity index (χ3n) is 4.75. The average molecular weight is 339 g/mol. The van der Waals surface area contributed by atoms with E-state index in [0.29, 0.717) is 0 Å². The van der Waals surface area contributed by atoms with Gasteiger partial charge in [-0.1, -0.05) is 30.3 Å². The first kappa shape index (κ1) is 15.5. The largest absolute Gasteiger partial charge is 0.350 e. The maximum absolute atomic E-state index is 4.86. The zero-order valence-electron chi connectivity index (χ0n) is 14.2. The summed E-state index contributed by atoms with van der Waals surface area (Å²) in [6.07, 6.45) is 1.21. The molecule has 4 rings (SSSR count). The maximum Gasteiger partial charge on any atom is 0.141 e. The second-order valence-corrected chi connectivity index (χ2v) is 7.45. The molecule has 1 aliphatic rings. The minimum atomic E-state index is 0.865. The Balaban J connectivity index is 1.86. The van der Waals surface area contributed by atoms with Crippen LogP contribution < -0.4 is 9.80 Å². The van der Waals surface area contributed by atoms with E-state index in [1.807, 2.05) is 6.92 Å². The van der Waals surface area contributed by atoms with Crippen LogP contribution in [-0.4, -0.2) is 43.2 Å². The predicted octanol–water partition coefficient (Wildman–Crippen LogP) is 2.39. The zero-order chi connectivity index (χ0) is 16.5. The van der Waals surface area contributed by atoms with Crippen molar-refractivity contribution in [3.8, 4) is 11.1 Å². The molecule has 1 saturated heterocycles. The Bertz CT molecular complexity index is 843. The molecule has 1 unspecified atom stereocenters. The molecule has 1 atom stereocenters. The van der Waals surface area contributed by atoms with Gasteiger partial charge in [0.1, 0.15) is 16.5 Å². The van der Waals surface area contributed by atoms with Crippen molar-refractivity contribution in [3.05, 3.63) is 41.5 Å². The number of hydrogen-bond acceptors (Lipinski definition) is 4. The molecule has 1 N–H and O–H groups in total. The van der Waals surface area contributed by atoms with Crippen molar-refractivity contribution in [2.75, 3.05) is 38.1 Å². The summed E-state index contributed by atoms with van der Waals surface area (Å²) >= 11 is 1.72. The summed E-state index contributed by atoms with van der Waals surface area (Å²) in [5.41, 5.74) is 2.51. The molecule has 0 saturated carbocycles. The van der Waals surface area contributed by atoms with Crippen molar-refractivity contribution in [3.63, 3.8) is 0 Å². The van der Waals surface area contributed by atoms with Crippen molar-refractivity contribution in [2.24, 2.45) is 0 Å². The van der Waals surface area contributed by atoms with Crippen LogP contribution in [-0.2, 0) is 0 Å². The topological polar surface area (TPSA) is 33.5 Å². The predicted molar refractivity (Wildman–Crippen MR) is 101 cm³/mol. The van der Waals surface area contributed by atoms with E-state index in [2.05, 4.69) is 47.7 Å². The van der Waals surface area contributed by atoms with Gasteiger partial charge in [-0.2, -0.15) is 0 Å². The Kier molecular flexibility index (Phi) is 4.21. The smallest absolute Gasteiger partial charge is 0.141 e. The fourth-order valence-electron chi connectivity index (χ4n) is 3.43. The van der Waals surface area contributed by atoms with Gasteiger partial charge in [0.2, 0.25) is 0 Å². The Hall–Kier alpha value is -1.98. The van der Waals surface area contributed by atoms with E-state index < -0.39 is 0 Å². The summed E-state index contributed by atoms with van der Waals surface area (Å²) in [6, 6.07) is 10.6. The molecular weight excluding hydrogens is 316 g/mol. The van der Waals surface area contributed by atoms with Gasteiger partial charge in [0.05, 0.1) is 32.1 Å². The molecule has 2 aromatic heterocycles. The zero-order valence-corrected chi connectivity index (χ0v) is 15.1. The molecule has 0 amide bonds. The SMILES string of the molecule is Cc1nc(N2CCC[NH+](C)CC2)c2c(-c3ccccc3)csc2n1. The molecule has 3 aromatic rings. The minimum Gasteiger partial charge on any atom is -0.350 e. The Morgan fingerprint density at radius 2 is 1.92 bits per heavy atom. The van der Waals surface area contributed by atoms with Crippen molar-refractivity contribution in [1.29, 1.82) is 0 Å². The van der Waals surface area contributed by atoms with Crippen LogP contribution in [0.2, 0.25) is 0 Å². The normalized spacial score (nSPS) is 18.8. The number of quaternary nitrogens is 1. The van der Waals surface area contributed by atoms with E-state index in [-0.39, 0.29) is 0 Å². The first-order chi connectivity index (χ1) is 11.7. The molecule has 0 radical (unpaired) electrons. The second-order valence-electron chi connectivity index (χ2n) is 6.59. The van der Waals surface area contributed by atoms with E-state index >= 15 is 0 Å². The van der Waals surface area contributed by atoms with Crippen LogP contribution in [0.4, 0.5) is 5.82 Å². The van der Waals surface area contributed by atoms with Crippen LogP contribution >= 0.6 is 11.3 Å². The summed E-state index contributed by atoms with van der Waals surface area (Å²) in [5.74, 6) is 1.98. The monoisotopic (exact) mass is 339 g/mol. The molecular formula is C19H23N4S+. The lowest BCUT2D eigenvalue weighted by Gasteiger charge is -2.22. The minimum absolute atomic E-state index is 0.865. The highest BCUT2D eigenvalue weighted by molar-refractivity contribution is 7.17. The fourth-order valence-corrected chi connectivity index (χ4v) is 4.42. The molecule has 1 fully saturated rings. The number of benzene rings is 1. The van der Waals surface area contributed by atoms with E-state index in [4.69, 9.17) is 9.97 Å². The molecule has 0 bridgehead atoms. The number of likely N-dealkylation sites (N-methyl/N-ethyl adjacent to an activating group) is 1. The lowest BCUT2D eigenvalue weighted by atomic mass is 10.1. The Morgan fingerprint density at radius 3 is 2.75 bits per heavy atom. The molecule has 24 heavy (non-hydrogen) atoms. The van der Waals surface area contributed by atoms with Gasteiger partial charge in [-0.15, -0.1) is 11.3 Å². The number of rotatable bonds is 2. The van der Waals surface area contributed by atoms with Crippen LogP contribution in [0.15, 0.2) is 35.7 Å². The third-order valence-corrected chi connectivity index (χ3v) is 5.62. The molecule has 124 valence electrons. The van der Waals surface area contributed by atoms with Gasteiger partial charge >= 0.3 is 0 Å². The van der Waals surface area contributed by atoms with Crippen molar-refractivity contribution in [2.45, 2.75) is 13.3 Å². The number of fused-ring (bicyclic) bond motifs is 1. The molecule has 4 nitrogen and oxygen atoms in total. The lowest BCUT2D eigenvalue weighted by Crippen LogP contribution is -3.09. The maximum atomic E-state index is 4.86. The average Bonchev–Trinajstić information content (AvgIpc) is 2.89. The van der Waals surface area contributed by atoms with E-state index in [0.717, 1.165) is 36.1 Å². The van der Waals surface area contributed by atoms with Gasteiger partial charge in [0, 0.05) is 23.9 Å². The molecule has 1 aliphatic heterocycles. The van der Waals surface area contributed by atoms with Gasteiger partial charge in [-0.05, 0) is 12.5 Å². The Labute approximate surface area is 146 Å². The van der Waals surface area contributed by atoms with E-state index in [1.54, 1.807) is 16.2 Å². The number of hydrogen-bond donors (Lipinski definition) is 1. The van der Waals surface area contributed by atoms with Crippen LogP contribution in [0, 0.1) is 6.92 Å². The number of nitrogens with zero attached hydrogens (tertiary/aromatic N) is 3. The van der Waals surface area contributed by atoms with E-state index in [1.165, 1.54) is 29.5 Å². The molecule has 0 aliphatic carbocycles.